The number of halogens is 3. The maximum absolute atomic E-state index is 12.9. The number of alkyl halides is 3. The van der Waals surface area contributed by atoms with Crippen LogP contribution in [0.3, 0.4) is 0 Å². The lowest BCUT2D eigenvalue weighted by Crippen LogP contribution is -2.36. The Kier molecular flexibility index (Phi) is 5.65. The summed E-state index contributed by atoms with van der Waals surface area (Å²) < 4.78 is 49.3. The van der Waals surface area contributed by atoms with Crippen LogP contribution in [0.25, 0.3) is 22.7 Å². The summed E-state index contributed by atoms with van der Waals surface area (Å²) in [7, 11) is 0. The second kappa shape index (κ2) is 8.78. The number of aromatic amines is 1. The zero-order valence-electron chi connectivity index (χ0n) is 17.6. The third kappa shape index (κ3) is 4.71. The molecule has 1 amide bonds. The van der Waals surface area contributed by atoms with Gasteiger partial charge in [0, 0.05) is 18.6 Å². The van der Waals surface area contributed by atoms with Crippen molar-refractivity contribution < 1.29 is 27.1 Å². The molecule has 1 aliphatic carbocycles. The number of nitrogens with zero attached hydrogens (tertiary/aromatic N) is 4. The van der Waals surface area contributed by atoms with E-state index >= 15 is 0 Å². The smallest absolute Gasteiger partial charge is 0.411 e. The number of hydrogen-bond donors (Lipinski definition) is 2. The number of H-pyrrole nitrogens is 1. The minimum Gasteiger partial charge on any atom is -0.451 e. The van der Waals surface area contributed by atoms with Crippen molar-refractivity contribution in [3.05, 3.63) is 60.9 Å². The van der Waals surface area contributed by atoms with Crippen LogP contribution in [0.5, 0.6) is 0 Å². The minimum absolute atomic E-state index is 0.0974. The van der Waals surface area contributed by atoms with Gasteiger partial charge in [-0.05, 0) is 37.1 Å². The molecule has 4 aromatic heterocycles. The Morgan fingerprint density at radius 3 is 2.82 bits per heavy atom. The molecule has 4 aromatic rings. The fourth-order valence-corrected chi connectivity index (χ4v) is 3.65. The first-order valence-electron chi connectivity index (χ1n) is 10.4. The summed E-state index contributed by atoms with van der Waals surface area (Å²) in [4.78, 5) is 17.2. The molecule has 0 saturated heterocycles. The van der Waals surface area contributed by atoms with E-state index in [0.29, 0.717) is 41.2 Å². The summed E-state index contributed by atoms with van der Waals surface area (Å²) >= 11 is 0. The summed E-state index contributed by atoms with van der Waals surface area (Å²) in [5, 5.41) is 13.9. The van der Waals surface area contributed by atoms with Crippen LogP contribution < -0.4 is 5.32 Å². The number of carbonyl (C=O) groups excluding carboxylic acids is 1. The Labute approximate surface area is 190 Å². The van der Waals surface area contributed by atoms with E-state index in [1.165, 1.54) is 0 Å². The highest BCUT2D eigenvalue weighted by Crippen LogP contribution is 2.37. The van der Waals surface area contributed by atoms with Gasteiger partial charge in [-0.15, -0.1) is 0 Å². The SMILES string of the molecule is O=C(Nc1cn([C@H]2C[C@@H](OCC(F)(F)F)C2)nc1-c1ccccn1)c1ccc(-c2cn[nH]c2)o1. The fourth-order valence-electron chi connectivity index (χ4n) is 3.65. The third-order valence-corrected chi connectivity index (χ3v) is 5.43. The molecule has 1 aliphatic rings. The molecular weight excluding hydrogens is 453 g/mol. The minimum atomic E-state index is -4.36. The number of furan rings is 1. The van der Waals surface area contributed by atoms with Gasteiger partial charge in [0.25, 0.3) is 5.91 Å². The van der Waals surface area contributed by atoms with Gasteiger partial charge in [0.15, 0.2) is 5.76 Å². The first-order valence-corrected chi connectivity index (χ1v) is 10.4. The zero-order chi connectivity index (χ0) is 23.7. The van der Waals surface area contributed by atoms with Crippen molar-refractivity contribution in [3.8, 4) is 22.7 Å². The molecule has 1 fully saturated rings. The van der Waals surface area contributed by atoms with Gasteiger partial charge in [-0.3, -0.25) is 19.6 Å². The van der Waals surface area contributed by atoms with E-state index in [2.05, 4.69) is 25.6 Å². The summed E-state index contributed by atoms with van der Waals surface area (Å²) in [5.41, 5.74) is 2.09. The molecule has 9 nitrogen and oxygen atoms in total. The number of carbonyl (C=O) groups is 1. The third-order valence-electron chi connectivity index (χ3n) is 5.43. The number of aromatic nitrogens is 5. The van der Waals surface area contributed by atoms with E-state index in [4.69, 9.17) is 9.15 Å². The molecule has 0 atom stereocenters. The second-order valence-electron chi connectivity index (χ2n) is 7.86. The van der Waals surface area contributed by atoms with Gasteiger partial charge in [-0.2, -0.15) is 23.4 Å². The molecule has 0 aliphatic heterocycles. The van der Waals surface area contributed by atoms with E-state index < -0.39 is 24.8 Å². The van der Waals surface area contributed by atoms with Gasteiger partial charge in [0.2, 0.25) is 0 Å². The Morgan fingerprint density at radius 2 is 2.12 bits per heavy atom. The normalized spacial score (nSPS) is 18.0. The lowest BCUT2D eigenvalue weighted by Gasteiger charge is -2.35. The van der Waals surface area contributed by atoms with Crippen molar-refractivity contribution in [1.82, 2.24) is 25.0 Å². The molecule has 0 spiro atoms. The van der Waals surface area contributed by atoms with E-state index in [1.807, 2.05) is 0 Å². The Balaban J connectivity index is 1.33. The van der Waals surface area contributed by atoms with Crippen molar-refractivity contribution in [2.75, 3.05) is 11.9 Å². The largest absolute Gasteiger partial charge is 0.451 e. The zero-order valence-corrected chi connectivity index (χ0v) is 17.6. The predicted molar refractivity (Wildman–Crippen MR) is 114 cm³/mol. The molecule has 1 saturated carbocycles. The molecule has 176 valence electrons. The number of ether oxygens (including phenoxy) is 1. The average Bonchev–Trinajstić information content (AvgIpc) is 3.53. The van der Waals surface area contributed by atoms with Crippen LogP contribution in [0, 0.1) is 0 Å². The number of nitrogens with one attached hydrogen (secondary N) is 2. The molecule has 4 heterocycles. The summed E-state index contributed by atoms with van der Waals surface area (Å²) in [6.45, 7) is -1.27. The Hall–Kier alpha value is -3.93. The predicted octanol–water partition coefficient (Wildman–Crippen LogP) is 4.46. The maximum Gasteiger partial charge on any atom is 0.411 e. The van der Waals surface area contributed by atoms with Gasteiger partial charge in [0.1, 0.15) is 18.1 Å². The molecule has 5 rings (SSSR count). The molecule has 0 aromatic carbocycles. The highest BCUT2D eigenvalue weighted by atomic mass is 19.4. The highest BCUT2D eigenvalue weighted by Gasteiger charge is 2.36. The first kappa shape index (κ1) is 21.9. The second-order valence-corrected chi connectivity index (χ2v) is 7.86. The summed E-state index contributed by atoms with van der Waals surface area (Å²) in [6.07, 6.45) is 2.40. The Morgan fingerprint density at radius 1 is 1.26 bits per heavy atom. The number of rotatable bonds is 7. The molecule has 34 heavy (non-hydrogen) atoms. The van der Waals surface area contributed by atoms with Crippen LogP contribution in [0.1, 0.15) is 29.4 Å². The summed E-state index contributed by atoms with van der Waals surface area (Å²) in [6, 6.07) is 8.37. The van der Waals surface area contributed by atoms with Crippen molar-refractivity contribution in [3.63, 3.8) is 0 Å². The van der Waals surface area contributed by atoms with Crippen LogP contribution in [0.2, 0.25) is 0 Å². The lowest BCUT2D eigenvalue weighted by atomic mass is 9.89. The monoisotopic (exact) mass is 472 g/mol. The first-order chi connectivity index (χ1) is 16.4. The van der Waals surface area contributed by atoms with Gasteiger partial charge in [-0.1, -0.05) is 6.07 Å². The molecular formula is C22H19F3N6O3. The van der Waals surface area contributed by atoms with Crippen molar-refractivity contribution in [1.29, 1.82) is 0 Å². The van der Waals surface area contributed by atoms with E-state index in [1.54, 1.807) is 59.8 Å². The van der Waals surface area contributed by atoms with E-state index in [-0.39, 0.29) is 11.8 Å². The molecule has 0 bridgehead atoms. The number of hydrogen-bond acceptors (Lipinski definition) is 6. The van der Waals surface area contributed by atoms with E-state index in [9.17, 15) is 18.0 Å². The van der Waals surface area contributed by atoms with Gasteiger partial charge in [-0.25, -0.2) is 0 Å². The van der Waals surface area contributed by atoms with E-state index in [0.717, 1.165) is 0 Å². The average molecular weight is 472 g/mol. The van der Waals surface area contributed by atoms with Gasteiger partial charge >= 0.3 is 6.18 Å². The standard InChI is InChI=1S/C22H19F3N6O3/c23-22(24,25)12-33-15-7-14(8-15)31-11-17(20(30-31)16-3-1-2-6-26-16)29-21(32)19-5-4-18(34-19)13-9-27-28-10-13/h1-6,9-11,14-15H,7-8,12H2,(H,27,28)(H,29,32)/t14-,15+. The molecule has 0 unspecified atom stereocenters. The molecule has 12 heteroatoms. The highest BCUT2D eigenvalue weighted by molar-refractivity contribution is 6.04. The fraction of sp³-hybridized carbons (Fsp3) is 0.273. The van der Waals surface area contributed by atoms with Crippen LogP contribution >= 0.6 is 0 Å². The lowest BCUT2D eigenvalue weighted by molar-refractivity contribution is -0.196. The maximum atomic E-state index is 12.9. The van der Waals surface area contributed by atoms with Crippen molar-refractivity contribution >= 4 is 11.6 Å². The molecule has 0 radical (unpaired) electrons. The van der Waals surface area contributed by atoms with Gasteiger partial charge < -0.3 is 14.5 Å². The number of amides is 1. The van der Waals surface area contributed by atoms with Crippen molar-refractivity contribution in [2.45, 2.75) is 31.2 Å². The Bertz CT molecular complexity index is 1260. The van der Waals surface area contributed by atoms with Crippen LogP contribution in [0.15, 0.2) is 59.5 Å². The van der Waals surface area contributed by atoms with Crippen LogP contribution in [-0.4, -0.2) is 49.8 Å². The topological polar surface area (TPSA) is 111 Å². The van der Waals surface area contributed by atoms with Crippen LogP contribution in [0.4, 0.5) is 18.9 Å². The molecule has 2 N–H and O–H groups in total. The number of anilines is 1. The van der Waals surface area contributed by atoms with Crippen molar-refractivity contribution in [2.24, 2.45) is 0 Å². The number of pyridine rings is 1. The summed E-state index contributed by atoms with van der Waals surface area (Å²) in [5.74, 6) is 0.102. The van der Waals surface area contributed by atoms with Crippen LogP contribution in [-0.2, 0) is 4.74 Å². The quantitative estimate of drug-likeness (QED) is 0.411. The van der Waals surface area contributed by atoms with Gasteiger partial charge in [0.05, 0.1) is 35.3 Å².